The van der Waals surface area contributed by atoms with Gasteiger partial charge in [-0.2, -0.15) is 12.6 Å². The lowest BCUT2D eigenvalue weighted by Gasteiger charge is -2.06. The number of hydrogen-bond donors (Lipinski definition) is 3. The number of benzene rings is 3. The molecule has 0 saturated heterocycles. The van der Waals surface area contributed by atoms with Crippen LogP contribution in [0.5, 0.6) is 11.5 Å². The van der Waals surface area contributed by atoms with Gasteiger partial charge >= 0.3 is 0 Å². The molecular weight excluding hydrogens is 418 g/mol. The number of aromatic amines is 2. The summed E-state index contributed by atoms with van der Waals surface area (Å²) < 4.78 is 10.6. The van der Waals surface area contributed by atoms with Gasteiger partial charge in [-0.15, -0.1) is 0 Å². The van der Waals surface area contributed by atoms with Gasteiger partial charge in [0.25, 0.3) is 0 Å². The maximum absolute atomic E-state index is 5.32. The van der Waals surface area contributed by atoms with Gasteiger partial charge in [-0.25, -0.2) is 4.98 Å². The van der Waals surface area contributed by atoms with E-state index in [-0.39, 0.29) is 5.25 Å². The largest absolute Gasteiger partial charge is 0.497 e. The monoisotopic (exact) mass is 441 g/mol. The minimum atomic E-state index is -0.230. The zero-order valence-corrected chi connectivity index (χ0v) is 18.7. The number of hydrogen-bond acceptors (Lipinski definition) is 4. The average molecular weight is 442 g/mol. The summed E-state index contributed by atoms with van der Waals surface area (Å²) in [4.78, 5) is 12.0. The molecule has 0 fully saturated rings. The van der Waals surface area contributed by atoms with E-state index in [2.05, 4.69) is 28.2 Å². The van der Waals surface area contributed by atoms with Crippen LogP contribution in [0.15, 0.2) is 78.9 Å². The molecule has 6 heteroatoms. The molecule has 5 rings (SSSR count). The van der Waals surface area contributed by atoms with Gasteiger partial charge in [-0.05, 0) is 66.0 Å². The standard InChI is InChI=1S/C26H23N3O2S/c1-30-19-11-7-16(8-12-19)23-24(17-9-13-20(31-2)14-10-17)29-26(28-23)25(32)22-15-18-5-3-4-6-21(18)27-22/h3-15,25,27,32H,1-2H3,(H,28,29). The Bertz CT molecular complexity index is 1260. The number of rotatable bonds is 6. The lowest BCUT2D eigenvalue weighted by Crippen LogP contribution is -1.96. The van der Waals surface area contributed by atoms with Gasteiger partial charge in [0.2, 0.25) is 0 Å². The predicted octanol–water partition coefficient (Wildman–Crippen LogP) is 6.26. The van der Waals surface area contributed by atoms with Crippen molar-refractivity contribution in [3.63, 3.8) is 0 Å². The maximum atomic E-state index is 5.32. The number of thiol groups is 1. The molecule has 0 aliphatic carbocycles. The Morgan fingerprint density at radius 1 is 0.781 bits per heavy atom. The van der Waals surface area contributed by atoms with E-state index in [0.29, 0.717) is 0 Å². The van der Waals surface area contributed by atoms with Crippen LogP contribution in [0.2, 0.25) is 0 Å². The molecule has 0 saturated carbocycles. The lowest BCUT2D eigenvalue weighted by atomic mass is 10.0. The van der Waals surface area contributed by atoms with Crippen molar-refractivity contribution in [2.45, 2.75) is 5.25 Å². The van der Waals surface area contributed by atoms with E-state index >= 15 is 0 Å². The molecule has 0 radical (unpaired) electrons. The molecular formula is C26H23N3O2S. The lowest BCUT2D eigenvalue weighted by molar-refractivity contribution is 0.414. The summed E-state index contributed by atoms with van der Waals surface area (Å²) in [5.74, 6) is 2.39. The van der Waals surface area contributed by atoms with Crippen molar-refractivity contribution >= 4 is 23.5 Å². The molecule has 5 nitrogen and oxygen atoms in total. The molecule has 5 aromatic rings. The highest BCUT2D eigenvalue weighted by atomic mass is 32.1. The van der Waals surface area contributed by atoms with Crippen molar-refractivity contribution in [3.8, 4) is 34.0 Å². The van der Waals surface area contributed by atoms with Crippen molar-refractivity contribution in [1.29, 1.82) is 0 Å². The van der Waals surface area contributed by atoms with Crippen LogP contribution < -0.4 is 9.47 Å². The van der Waals surface area contributed by atoms with E-state index in [1.807, 2.05) is 60.7 Å². The first-order valence-corrected chi connectivity index (χ1v) is 10.8. The summed E-state index contributed by atoms with van der Waals surface area (Å²) in [6, 6.07) is 26.2. The number of fused-ring (bicyclic) bond motifs is 1. The Morgan fingerprint density at radius 3 is 2.03 bits per heavy atom. The highest BCUT2D eigenvalue weighted by Gasteiger charge is 2.21. The van der Waals surface area contributed by atoms with E-state index in [1.165, 1.54) is 0 Å². The van der Waals surface area contributed by atoms with Gasteiger partial charge in [-0.1, -0.05) is 18.2 Å². The van der Waals surface area contributed by atoms with Crippen LogP contribution in [0, 0.1) is 0 Å². The van der Waals surface area contributed by atoms with E-state index in [4.69, 9.17) is 27.1 Å². The third-order valence-electron chi connectivity index (χ3n) is 5.57. The Kier molecular flexibility index (Phi) is 5.37. The quantitative estimate of drug-likeness (QED) is 0.273. The SMILES string of the molecule is COc1ccc(-c2nc(C(S)c3cc4ccccc4[nH]3)[nH]c2-c2ccc(OC)cc2)cc1. The molecule has 160 valence electrons. The minimum absolute atomic E-state index is 0.230. The second-order valence-electron chi connectivity index (χ2n) is 7.52. The number of nitrogens with one attached hydrogen (secondary N) is 2. The third-order valence-corrected chi connectivity index (χ3v) is 6.09. The zero-order valence-electron chi connectivity index (χ0n) is 17.8. The fourth-order valence-electron chi connectivity index (χ4n) is 3.84. The minimum Gasteiger partial charge on any atom is -0.497 e. The van der Waals surface area contributed by atoms with Crippen molar-refractivity contribution in [2.75, 3.05) is 14.2 Å². The number of aromatic nitrogens is 3. The van der Waals surface area contributed by atoms with Crippen LogP contribution in [-0.2, 0) is 0 Å². The van der Waals surface area contributed by atoms with Crippen LogP contribution in [0.25, 0.3) is 33.4 Å². The molecule has 0 aliphatic heterocycles. The number of methoxy groups -OCH3 is 2. The molecule has 2 aromatic heterocycles. The number of H-pyrrole nitrogens is 2. The van der Waals surface area contributed by atoms with Crippen LogP contribution in [0.3, 0.4) is 0 Å². The third kappa shape index (κ3) is 3.74. The zero-order chi connectivity index (χ0) is 22.1. The summed E-state index contributed by atoms with van der Waals surface area (Å²) in [6.07, 6.45) is 0. The maximum Gasteiger partial charge on any atom is 0.126 e. The molecule has 3 aromatic carbocycles. The summed E-state index contributed by atoms with van der Waals surface area (Å²) in [7, 11) is 3.33. The number of nitrogens with zero attached hydrogens (tertiary/aromatic N) is 1. The first kappa shape index (κ1) is 20.3. The molecule has 2 heterocycles. The summed E-state index contributed by atoms with van der Waals surface area (Å²) in [5.41, 5.74) is 5.89. The van der Waals surface area contributed by atoms with Gasteiger partial charge in [0.15, 0.2) is 0 Å². The molecule has 0 spiro atoms. The fraction of sp³-hybridized carbons (Fsp3) is 0.115. The Hall–Kier alpha value is -3.64. The van der Waals surface area contributed by atoms with Crippen molar-refractivity contribution < 1.29 is 9.47 Å². The summed E-state index contributed by atoms with van der Waals surface area (Å²) >= 11 is 4.90. The van der Waals surface area contributed by atoms with Gasteiger partial charge in [0.1, 0.15) is 17.3 Å². The summed E-state index contributed by atoms with van der Waals surface area (Å²) in [6.45, 7) is 0. The highest BCUT2D eigenvalue weighted by molar-refractivity contribution is 7.80. The molecule has 32 heavy (non-hydrogen) atoms. The molecule has 1 unspecified atom stereocenters. The highest BCUT2D eigenvalue weighted by Crippen LogP contribution is 2.36. The normalized spacial score (nSPS) is 12.1. The van der Waals surface area contributed by atoms with E-state index in [0.717, 1.165) is 56.4 Å². The van der Waals surface area contributed by atoms with Crippen LogP contribution >= 0.6 is 12.6 Å². The van der Waals surface area contributed by atoms with Gasteiger partial charge < -0.3 is 19.4 Å². The van der Waals surface area contributed by atoms with Crippen LogP contribution in [0.4, 0.5) is 0 Å². The van der Waals surface area contributed by atoms with E-state index < -0.39 is 0 Å². The van der Waals surface area contributed by atoms with E-state index in [1.54, 1.807) is 14.2 Å². The fourth-order valence-corrected chi connectivity index (χ4v) is 4.10. The van der Waals surface area contributed by atoms with Gasteiger partial charge in [0.05, 0.1) is 30.9 Å². The second-order valence-corrected chi connectivity index (χ2v) is 8.03. The smallest absolute Gasteiger partial charge is 0.126 e. The Balaban J connectivity index is 1.60. The molecule has 2 N–H and O–H groups in total. The van der Waals surface area contributed by atoms with Crippen molar-refractivity contribution in [3.05, 3.63) is 90.4 Å². The molecule has 1 atom stereocenters. The first-order chi connectivity index (χ1) is 15.7. The molecule has 0 amide bonds. The molecule has 0 bridgehead atoms. The topological polar surface area (TPSA) is 62.9 Å². The van der Waals surface area contributed by atoms with Crippen molar-refractivity contribution in [2.24, 2.45) is 0 Å². The van der Waals surface area contributed by atoms with Gasteiger partial charge in [-0.3, -0.25) is 0 Å². The number of imidazole rings is 1. The van der Waals surface area contributed by atoms with Crippen LogP contribution in [-0.4, -0.2) is 29.2 Å². The Labute approximate surface area is 191 Å². The number of ether oxygens (including phenoxy) is 2. The first-order valence-electron chi connectivity index (χ1n) is 10.3. The van der Waals surface area contributed by atoms with E-state index in [9.17, 15) is 0 Å². The summed E-state index contributed by atoms with van der Waals surface area (Å²) in [5, 5.41) is 0.922. The number of para-hydroxylation sites is 1. The molecule has 0 aliphatic rings. The van der Waals surface area contributed by atoms with Gasteiger partial charge in [0, 0.05) is 22.3 Å². The predicted molar refractivity (Wildman–Crippen MR) is 132 cm³/mol. The van der Waals surface area contributed by atoms with Crippen LogP contribution in [0.1, 0.15) is 16.8 Å². The second kappa shape index (κ2) is 8.48. The van der Waals surface area contributed by atoms with Crippen molar-refractivity contribution in [1.82, 2.24) is 15.0 Å². The Morgan fingerprint density at radius 2 is 1.41 bits per heavy atom. The average Bonchev–Trinajstić information content (AvgIpc) is 3.49.